The summed E-state index contributed by atoms with van der Waals surface area (Å²) < 4.78 is 0. The number of nitrogens with one attached hydrogen (secondary N) is 1. The molecular weight excluding hydrogens is 434 g/mol. The van der Waals surface area contributed by atoms with E-state index in [0.29, 0.717) is 5.69 Å². The van der Waals surface area contributed by atoms with E-state index in [4.69, 9.17) is 10.8 Å². The number of nitrogen functional groups attached to an aromatic ring is 1. The lowest BCUT2D eigenvalue weighted by atomic mass is 9.98. The molecule has 1 aliphatic heterocycles. The first kappa shape index (κ1) is 21.7. The van der Waals surface area contributed by atoms with Crippen LogP contribution in [0.5, 0.6) is 0 Å². The predicted octanol–water partition coefficient (Wildman–Crippen LogP) is 5.28. The van der Waals surface area contributed by atoms with Crippen molar-refractivity contribution in [1.82, 2.24) is 10.2 Å². The highest BCUT2D eigenvalue weighted by Crippen LogP contribution is 2.37. The number of hydrazone groups is 1. The maximum atomic E-state index is 9.65. The van der Waals surface area contributed by atoms with Gasteiger partial charge in [-0.1, -0.05) is 72.8 Å². The number of allylic oxidation sites excluding steroid dienone is 1. The summed E-state index contributed by atoms with van der Waals surface area (Å²) in [5.41, 5.74) is 11.6. The summed E-state index contributed by atoms with van der Waals surface area (Å²) >= 11 is 0. The van der Waals surface area contributed by atoms with Gasteiger partial charge in [-0.25, -0.2) is 0 Å². The van der Waals surface area contributed by atoms with E-state index in [2.05, 4.69) is 45.5 Å². The molecule has 0 radical (unpaired) electrons. The van der Waals surface area contributed by atoms with Crippen LogP contribution in [0, 0.1) is 22.7 Å². The minimum atomic E-state index is 0.0760. The standard InChI is InChI=1S/C28H21N7/c29-17-22(27-24(18-30)28(31)33-32-27)15-19-11-13-23(14-12-19)35-26(21-9-5-2-6-10-21)16-25(34-35)20-7-3-1-4-8-20/h1-15,26H,16H2,(H3,31,32,33)/b22-15+. The second-order valence-corrected chi connectivity index (χ2v) is 8.12. The molecule has 0 fully saturated rings. The molecule has 7 heteroatoms. The van der Waals surface area contributed by atoms with Gasteiger partial charge in [0.15, 0.2) is 5.82 Å². The highest BCUT2D eigenvalue weighted by atomic mass is 15.5. The quantitative estimate of drug-likeness (QED) is 0.397. The Morgan fingerprint density at radius 1 is 0.971 bits per heavy atom. The number of nitriles is 2. The minimum Gasteiger partial charge on any atom is -0.381 e. The van der Waals surface area contributed by atoms with Crippen LogP contribution in [0.1, 0.15) is 40.4 Å². The Labute approximate surface area is 203 Å². The first-order valence-corrected chi connectivity index (χ1v) is 11.1. The third kappa shape index (κ3) is 4.27. The lowest BCUT2D eigenvalue weighted by molar-refractivity contribution is 0.709. The molecule has 0 bridgehead atoms. The average Bonchev–Trinajstić information content (AvgIpc) is 3.52. The van der Waals surface area contributed by atoms with E-state index in [9.17, 15) is 10.5 Å². The van der Waals surface area contributed by atoms with Crippen LogP contribution in [-0.4, -0.2) is 15.9 Å². The molecule has 1 aromatic heterocycles. The molecule has 0 amide bonds. The fourth-order valence-electron chi connectivity index (χ4n) is 4.20. The van der Waals surface area contributed by atoms with Crippen LogP contribution in [0.2, 0.25) is 0 Å². The van der Waals surface area contributed by atoms with Gasteiger partial charge in [0.2, 0.25) is 0 Å². The molecule has 7 nitrogen and oxygen atoms in total. The summed E-state index contributed by atoms with van der Waals surface area (Å²) in [6, 6.07) is 32.6. The third-order valence-corrected chi connectivity index (χ3v) is 5.97. The van der Waals surface area contributed by atoms with Crippen molar-refractivity contribution in [3.63, 3.8) is 0 Å². The highest BCUT2D eigenvalue weighted by molar-refractivity contribution is 6.03. The Bertz CT molecular complexity index is 1490. The lowest BCUT2D eigenvalue weighted by Gasteiger charge is -2.24. The van der Waals surface area contributed by atoms with Crippen LogP contribution in [0.3, 0.4) is 0 Å². The molecule has 35 heavy (non-hydrogen) atoms. The van der Waals surface area contributed by atoms with E-state index in [-0.39, 0.29) is 23.0 Å². The zero-order valence-corrected chi connectivity index (χ0v) is 18.8. The Hall–Kier alpha value is -5.14. The van der Waals surface area contributed by atoms with Gasteiger partial charge in [0.25, 0.3) is 0 Å². The van der Waals surface area contributed by atoms with Crippen LogP contribution >= 0.6 is 0 Å². The van der Waals surface area contributed by atoms with Crippen molar-refractivity contribution in [3.8, 4) is 12.1 Å². The molecule has 3 aromatic carbocycles. The smallest absolute Gasteiger partial charge is 0.163 e. The molecule has 1 atom stereocenters. The van der Waals surface area contributed by atoms with Gasteiger partial charge in [0, 0.05) is 6.42 Å². The van der Waals surface area contributed by atoms with E-state index < -0.39 is 0 Å². The van der Waals surface area contributed by atoms with Crippen LogP contribution < -0.4 is 10.7 Å². The Morgan fingerprint density at radius 2 is 1.66 bits per heavy atom. The van der Waals surface area contributed by atoms with Gasteiger partial charge >= 0.3 is 0 Å². The molecular formula is C28H21N7. The number of aromatic amines is 1. The van der Waals surface area contributed by atoms with E-state index in [1.54, 1.807) is 6.08 Å². The summed E-state index contributed by atoms with van der Waals surface area (Å²) in [7, 11) is 0. The summed E-state index contributed by atoms with van der Waals surface area (Å²) in [6.45, 7) is 0. The van der Waals surface area contributed by atoms with Crippen LogP contribution in [0.4, 0.5) is 11.5 Å². The molecule has 0 saturated carbocycles. The normalized spacial score (nSPS) is 15.4. The van der Waals surface area contributed by atoms with Crippen LogP contribution in [0.15, 0.2) is 90.0 Å². The summed E-state index contributed by atoms with van der Waals surface area (Å²) in [6.07, 6.45) is 2.50. The van der Waals surface area contributed by atoms with E-state index in [1.807, 2.05) is 66.7 Å². The summed E-state index contributed by atoms with van der Waals surface area (Å²) in [5.74, 6) is 0.0760. The monoisotopic (exact) mass is 455 g/mol. The first-order chi connectivity index (χ1) is 17.2. The fraction of sp³-hybridized carbons (Fsp3) is 0.0714. The molecule has 0 aliphatic carbocycles. The molecule has 2 heterocycles. The molecule has 0 spiro atoms. The van der Waals surface area contributed by atoms with Crippen LogP contribution in [-0.2, 0) is 0 Å². The number of benzene rings is 3. The van der Waals surface area contributed by atoms with Gasteiger partial charge in [-0.05, 0) is 34.9 Å². The van der Waals surface area contributed by atoms with Crippen molar-refractivity contribution in [2.24, 2.45) is 5.10 Å². The minimum absolute atomic E-state index is 0.0760. The summed E-state index contributed by atoms with van der Waals surface area (Å²) in [4.78, 5) is 0. The number of anilines is 2. The Balaban J connectivity index is 1.48. The van der Waals surface area contributed by atoms with Crippen molar-refractivity contribution in [2.45, 2.75) is 12.5 Å². The van der Waals surface area contributed by atoms with E-state index in [1.165, 1.54) is 5.56 Å². The molecule has 5 rings (SSSR count). The second-order valence-electron chi connectivity index (χ2n) is 8.12. The maximum absolute atomic E-state index is 9.65. The number of rotatable bonds is 5. The SMILES string of the molecule is N#C/C(=C\c1ccc(N2N=C(c3ccccc3)CC2c2ccccc2)cc1)c1[nH]nc(N)c1C#N. The Kier molecular flexibility index (Phi) is 5.82. The zero-order chi connectivity index (χ0) is 24.2. The summed E-state index contributed by atoms with van der Waals surface area (Å²) in [5, 5.41) is 32.6. The third-order valence-electron chi connectivity index (χ3n) is 5.97. The zero-order valence-electron chi connectivity index (χ0n) is 18.8. The van der Waals surface area contributed by atoms with Gasteiger partial charge in [-0.15, -0.1) is 0 Å². The molecule has 1 unspecified atom stereocenters. The largest absolute Gasteiger partial charge is 0.381 e. The first-order valence-electron chi connectivity index (χ1n) is 11.1. The van der Waals surface area contributed by atoms with Crippen molar-refractivity contribution >= 4 is 28.9 Å². The van der Waals surface area contributed by atoms with Crippen LogP contribution in [0.25, 0.3) is 11.6 Å². The number of H-pyrrole nitrogens is 1. The predicted molar refractivity (Wildman–Crippen MR) is 137 cm³/mol. The van der Waals surface area contributed by atoms with Crippen molar-refractivity contribution in [3.05, 3.63) is 113 Å². The van der Waals surface area contributed by atoms with E-state index in [0.717, 1.165) is 28.9 Å². The lowest BCUT2D eigenvalue weighted by Crippen LogP contribution is -2.18. The number of hydrogen-bond donors (Lipinski definition) is 2. The molecule has 168 valence electrons. The molecule has 0 saturated heterocycles. The molecule has 4 aromatic rings. The van der Waals surface area contributed by atoms with Gasteiger partial charge in [-0.3, -0.25) is 10.1 Å². The van der Waals surface area contributed by atoms with E-state index >= 15 is 0 Å². The van der Waals surface area contributed by atoms with Crippen molar-refractivity contribution in [1.29, 1.82) is 10.5 Å². The highest BCUT2D eigenvalue weighted by Gasteiger charge is 2.29. The molecule has 3 N–H and O–H groups in total. The second kappa shape index (κ2) is 9.38. The maximum Gasteiger partial charge on any atom is 0.163 e. The fourth-order valence-corrected chi connectivity index (χ4v) is 4.20. The topological polar surface area (TPSA) is 118 Å². The van der Waals surface area contributed by atoms with Gasteiger partial charge in [0.1, 0.15) is 17.7 Å². The van der Waals surface area contributed by atoms with Gasteiger partial charge < -0.3 is 5.73 Å². The number of nitrogens with zero attached hydrogens (tertiary/aromatic N) is 5. The average molecular weight is 456 g/mol. The van der Waals surface area contributed by atoms with Gasteiger partial charge in [0.05, 0.1) is 28.7 Å². The Morgan fingerprint density at radius 3 is 2.31 bits per heavy atom. The number of hydrogen-bond acceptors (Lipinski definition) is 6. The van der Waals surface area contributed by atoms with Gasteiger partial charge in [-0.2, -0.15) is 20.7 Å². The number of aromatic nitrogens is 2. The van der Waals surface area contributed by atoms with Crippen molar-refractivity contribution in [2.75, 3.05) is 10.7 Å². The molecule has 1 aliphatic rings. The van der Waals surface area contributed by atoms with Crippen molar-refractivity contribution < 1.29 is 0 Å². The number of nitrogens with two attached hydrogens (primary N) is 1.